The Labute approximate surface area is 160 Å². The normalized spacial score (nSPS) is 20.0. The molecule has 1 spiro atoms. The van der Waals surface area contributed by atoms with Crippen LogP contribution in [0, 0.1) is 19.3 Å². The summed E-state index contributed by atoms with van der Waals surface area (Å²) in [6.07, 6.45) is 3.33. The lowest BCUT2D eigenvalue weighted by Gasteiger charge is -2.43. The number of aliphatic imine (C=N–C) groups is 1. The van der Waals surface area contributed by atoms with E-state index in [2.05, 4.69) is 42.7 Å². The lowest BCUT2D eigenvalue weighted by molar-refractivity contribution is 0.293. The van der Waals surface area contributed by atoms with E-state index in [9.17, 15) is 0 Å². The molecule has 2 aliphatic heterocycles. The summed E-state index contributed by atoms with van der Waals surface area (Å²) in [6, 6.07) is 12.6. The van der Waals surface area contributed by atoms with E-state index in [0.29, 0.717) is 6.54 Å². The summed E-state index contributed by atoms with van der Waals surface area (Å²) in [5, 5.41) is 7.97. The van der Waals surface area contributed by atoms with E-state index in [1.807, 2.05) is 18.2 Å². The van der Waals surface area contributed by atoms with Crippen LogP contribution in [0.2, 0.25) is 5.02 Å². The summed E-state index contributed by atoms with van der Waals surface area (Å²) >= 11 is 6.14. The van der Waals surface area contributed by atoms with Crippen LogP contribution in [0.5, 0.6) is 0 Å². The van der Waals surface area contributed by atoms with Crippen LogP contribution in [0.3, 0.4) is 0 Å². The van der Waals surface area contributed by atoms with Crippen molar-refractivity contribution in [3.8, 4) is 0 Å². The molecule has 0 aliphatic carbocycles. The second-order valence-corrected chi connectivity index (χ2v) is 8.16. The van der Waals surface area contributed by atoms with Crippen LogP contribution in [-0.4, -0.2) is 18.9 Å². The number of nitrogens with one attached hydrogen (secondary N) is 2. The number of hydrogen-bond donors (Lipinski definition) is 2. The maximum absolute atomic E-state index is 6.14. The van der Waals surface area contributed by atoms with Crippen molar-refractivity contribution < 1.29 is 0 Å². The van der Waals surface area contributed by atoms with Gasteiger partial charge in [-0.2, -0.15) is 0 Å². The molecule has 0 bridgehead atoms. The first-order valence-corrected chi connectivity index (χ1v) is 9.81. The summed E-state index contributed by atoms with van der Waals surface area (Å²) in [5.74, 6) is 1.15. The fraction of sp³-hybridized carbons (Fsp3) is 0.409. The molecule has 4 rings (SSSR count). The van der Waals surface area contributed by atoms with E-state index in [0.717, 1.165) is 48.8 Å². The zero-order chi connectivity index (χ0) is 18.1. The summed E-state index contributed by atoms with van der Waals surface area (Å²) in [6.45, 7) is 7.15. The highest BCUT2D eigenvalue weighted by atomic mass is 35.5. The molecule has 0 radical (unpaired) electrons. The van der Waals surface area contributed by atoms with E-state index in [-0.39, 0.29) is 5.41 Å². The predicted molar refractivity (Wildman–Crippen MR) is 110 cm³/mol. The van der Waals surface area contributed by atoms with Crippen molar-refractivity contribution in [1.82, 2.24) is 5.32 Å². The minimum Gasteiger partial charge on any atom is -0.343 e. The molecular weight excluding hydrogens is 342 g/mol. The Balaban J connectivity index is 1.70. The number of nitrogens with zero attached hydrogens (tertiary/aromatic N) is 1. The number of aryl methyl sites for hydroxylation is 2. The number of anilines is 1. The van der Waals surface area contributed by atoms with Gasteiger partial charge in [0.05, 0.1) is 6.54 Å². The second kappa shape index (κ2) is 7.05. The number of halogens is 1. The summed E-state index contributed by atoms with van der Waals surface area (Å²) in [4.78, 5) is 5.04. The molecule has 0 saturated carbocycles. The molecule has 136 valence electrons. The Bertz CT molecular complexity index is 850. The van der Waals surface area contributed by atoms with Gasteiger partial charge < -0.3 is 10.6 Å². The van der Waals surface area contributed by atoms with Crippen LogP contribution >= 0.6 is 11.6 Å². The number of benzene rings is 2. The first kappa shape index (κ1) is 17.6. The van der Waals surface area contributed by atoms with Gasteiger partial charge in [0.2, 0.25) is 0 Å². The second-order valence-electron chi connectivity index (χ2n) is 7.72. The average Bonchev–Trinajstić information content (AvgIpc) is 2.62. The van der Waals surface area contributed by atoms with Gasteiger partial charge in [-0.3, -0.25) is 4.99 Å². The predicted octanol–water partition coefficient (Wildman–Crippen LogP) is 4.89. The number of rotatable bonds is 2. The van der Waals surface area contributed by atoms with Crippen LogP contribution < -0.4 is 10.6 Å². The Hall–Kier alpha value is -1.84. The van der Waals surface area contributed by atoms with Gasteiger partial charge in [-0.05, 0) is 86.7 Å². The smallest absolute Gasteiger partial charge is 0.108 e. The van der Waals surface area contributed by atoms with Gasteiger partial charge in [0, 0.05) is 16.1 Å². The van der Waals surface area contributed by atoms with E-state index in [1.165, 1.54) is 22.4 Å². The topological polar surface area (TPSA) is 36.4 Å². The van der Waals surface area contributed by atoms with E-state index >= 15 is 0 Å². The van der Waals surface area contributed by atoms with Crippen molar-refractivity contribution >= 4 is 23.1 Å². The van der Waals surface area contributed by atoms with Gasteiger partial charge in [-0.15, -0.1) is 0 Å². The van der Waals surface area contributed by atoms with E-state index < -0.39 is 0 Å². The molecule has 4 heteroatoms. The number of hydrogen-bond acceptors (Lipinski definition) is 2. The molecule has 2 aromatic carbocycles. The number of piperidine rings is 1. The zero-order valence-corrected chi connectivity index (χ0v) is 16.3. The summed E-state index contributed by atoms with van der Waals surface area (Å²) in [5.41, 5.74) is 6.62. The Kier molecular flexibility index (Phi) is 4.76. The Morgan fingerprint density at radius 3 is 2.62 bits per heavy atom. The third-order valence-corrected chi connectivity index (χ3v) is 6.11. The molecule has 3 nitrogen and oxygen atoms in total. The first-order chi connectivity index (χ1) is 12.6. The zero-order valence-electron chi connectivity index (χ0n) is 15.5. The van der Waals surface area contributed by atoms with Gasteiger partial charge in [0.15, 0.2) is 0 Å². The van der Waals surface area contributed by atoms with Crippen molar-refractivity contribution in [3.63, 3.8) is 0 Å². The molecule has 2 N–H and O–H groups in total. The van der Waals surface area contributed by atoms with Gasteiger partial charge in [0.25, 0.3) is 0 Å². The maximum atomic E-state index is 6.14. The van der Waals surface area contributed by atoms with Gasteiger partial charge >= 0.3 is 0 Å². The van der Waals surface area contributed by atoms with E-state index in [4.69, 9.17) is 16.6 Å². The Morgan fingerprint density at radius 2 is 1.85 bits per heavy atom. The molecule has 2 aromatic rings. The van der Waals surface area contributed by atoms with Crippen molar-refractivity contribution in [1.29, 1.82) is 0 Å². The van der Waals surface area contributed by atoms with Crippen LogP contribution in [0.25, 0.3) is 0 Å². The number of amidine groups is 1. The third kappa shape index (κ3) is 3.38. The van der Waals surface area contributed by atoms with Gasteiger partial charge in [0.1, 0.15) is 5.84 Å². The third-order valence-electron chi connectivity index (χ3n) is 5.87. The molecular formula is C22H26ClN3. The molecule has 0 amide bonds. The molecule has 0 unspecified atom stereocenters. The molecule has 0 atom stereocenters. The summed E-state index contributed by atoms with van der Waals surface area (Å²) in [7, 11) is 0. The van der Waals surface area contributed by atoms with Crippen molar-refractivity contribution in [2.75, 3.05) is 18.4 Å². The molecule has 2 heterocycles. The van der Waals surface area contributed by atoms with Gasteiger partial charge in [-0.1, -0.05) is 29.8 Å². The molecule has 1 saturated heterocycles. The van der Waals surface area contributed by atoms with Crippen molar-refractivity contribution in [2.24, 2.45) is 10.4 Å². The van der Waals surface area contributed by atoms with Crippen molar-refractivity contribution in [2.45, 2.75) is 39.7 Å². The fourth-order valence-electron chi connectivity index (χ4n) is 4.18. The molecule has 2 aliphatic rings. The molecule has 0 aromatic heterocycles. The van der Waals surface area contributed by atoms with Crippen LogP contribution in [0.15, 0.2) is 41.4 Å². The lowest BCUT2D eigenvalue weighted by atomic mass is 9.70. The minimum atomic E-state index is 0.124. The van der Waals surface area contributed by atoms with Crippen LogP contribution in [0.1, 0.15) is 35.1 Å². The molecule has 1 fully saturated rings. The minimum absolute atomic E-state index is 0.124. The molecule has 26 heavy (non-hydrogen) atoms. The largest absolute Gasteiger partial charge is 0.343 e. The fourth-order valence-corrected chi connectivity index (χ4v) is 4.39. The summed E-state index contributed by atoms with van der Waals surface area (Å²) < 4.78 is 0. The van der Waals surface area contributed by atoms with E-state index in [1.54, 1.807) is 0 Å². The quantitative estimate of drug-likeness (QED) is 0.792. The van der Waals surface area contributed by atoms with Gasteiger partial charge in [-0.25, -0.2) is 0 Å². The maximum Gasteiger partial charge on any atom is 0.108 e. The van der Waals surface area contributed by atoms with Crippen molar-refractivity contribution in [3.05, 3.63) is 63.7 Å². The SMILES string of the molecule is Cc1cc2c(cc1C)NC(=NCc1cccc(Cl)c1)C1(CCNCC1)C2. The van der Waals surface area contributed by atoms with Crippen LogP contribution in [-0.2, 0) is 13.0 Å². The monoisotopic (exact) mass is 367 g/mol. The number of fused-ring (bicyclic) bond motifs is 1. The highest BCUT2D eigenvalue weighted by Gasteiger charge is 2.41. The van der Waals surface area contributed by atoms with Crippen LogP contribution in [0.4, 0.5) is 5.69 Å². The first-order valence-electron chi connectivity index (χ1n) is 9.43. The highest BCUT2D eigenvalue weighted by molar-refractivity contribution is 6.30. The standard InChI is InChI=1S/C22H26ClN3/c1-15-10-18-13-22(6-8-24-9-7-22)21(26-20(18)11-16(15)2)25-14-17-4-3-5-19(23)12-17/h3-5,10-12,24H,6-9,13-14H2,1-2H3,(H,25,26). The average molecular weight is 368 g/mol. The Morgan fingerprint density at radius 1 is 1.08 bits per heavy atom. The lowest BCUT2D eigenvalue weighted by Crippen LogP contribution is -2.48. The highest BCUT2D eigenvalue weighted by Crippen LogP contribution is 2.41.